The van der Waals surface area contributed by atoms with Crippen LogP contribution in [0.4, 0.5) is 0 Å². The Bertz CT molecular complexity index is 1940. The highest BCUT2D eigenvalue weighted by atomic mass is 31.2. The van der Waals surface area contributed by atoms with Crippen molar-refractivity contribution in [1.82, 2.24) is 0 Å². The number of esters is 4. The summed E-state index contributed by atoms with van der Waals surface area (Å²) in [7, 11) is -9.92. The Morgan fingerprint density at radius 1 is 0.267 bits per heavy atom. The molecule has 0 bridgehead atoms. The smallest absolute Gasteiger partial charge is 0.462 e. The zero-order valence-corrected chi connectivity index (χ0v) is 68.0. The van der Waals surface area contributed by atoms with E-state index in [1.165, 1.54) is 250 Å². The predicted octanol–water partition coefficient (Wildman–Crippen LogP) is 24.7. The highest BCUT2D eigenvalue weighted by Crippen LogP contribution is 2.45. The van der Waals surface area contributed by atoms with E-state index < -0.39 is 97.5 Å². The lowest BCUT2D eigenvalue weighted by Crippen LogP contribution is -2.30. The average Bonchev–Trinajstić information content (AvgIpc) is 0.957. The zero-order valence-electron chi connectivity index (χ0n) is 66.2. The van der Waals surface area contributed by atoms with Crippen LogP contribution in [0.3, 0.4) is 0 Å². The number of aliphatic hydroxyl groups excluding tert-OH is 1. The van der Waals surface area contributed by atoms with Crippen LogP contribution >= 0.6 is 15.6 Å². The fourth-order valence-electron chi connectivity index (χ4n) is 12.7. The van der Waals surface area contributed by atoms with Gasteiger partial charge in [0.15, 0.2) is 12.2 Å². The van der Waals surface area contributed by atoms with Crippen LogP contribution in [0, 0.1) is 11.8 Å². The first-order valence-corrected chi connectivity index (χ1v) is 45.5. The van der Waals surface area contributed by atoms with E-state index in [9.17, 15) is 43.2 Å². The van der Waals surface area contributed by atoms with Crippen molar-refractivity contribution in [3.63, 3.8) is 0 Å². The summed E-state index contributed by atoms with van der Waals surface area (Å²) in [6.45, 7) is 9.62. The summed E-state index contributed by atoms with van der Waals surface area (Å²) in [6.07, 6.45) is 64.0. The van der Waals surface area contributed by atoms with Gasteiger partial charge in [-0.15, -0.1) is 0 Å². The number of hydrogen-bond acceptors (Lipinski definition) is 15. The van der Waals surface area contributed by atoms with Crippen molar-refractivity contribution in [3.05, 3.63) is 0 Å². The molecule has 0 heterocycles. The van der Waals surface area contributed by atoms with E-state index in [4.69, 9.17) is 37.0 Å². The summed E-state index contributed by atoms with van der Waals surface area (Å²) in [5.41, 5.74) is 0. The van der Waals surface area contributed by atoms with Crippen molar-refractivity contribution in [2.24, 2.45) is 11.8 Å². The molecule has 0 radical (unpaired) electrons. The van der Waals surface area contributed by atoms with Crippen molar-refractivity contribution >= 4 is 39.5 Å². The standard InChI is InChI=1S/C82H160O17P2/c1-7-9-11-13-15-17-19-20-21-22-23-24-25-26-31-34-37-41-48-54-60-66-81(86)98-77(70-93-80(85)65-59-53-47-40-36-33-30-28-27-29-32-35-38-44-50-56-62-74(3)4)72-96-100(88,89)94-68-76(83)69-95-101(90,91)97-73-78(71-92-79(84)64-58-52-46-39-18-16-14-12-10-8-2)99-82(87)67-61-55-49-43-42-45-51-57-63-75(5)6/h74-78,83H,7-73H2,1-6H3,(H,88,89)(H,90,91)/t76-,77-,78-/m1/s1. The Balaban J connectivity index is 5.20. The van der Waals surface area contributed by atoms with Gasteiger partial charge in [-0.25, -0.2) is 9.13 Å². The number of rotatable bonds is 81. The lowest BCUT2D eigenvalue weighted by Gasteiger charge is -2.21. The van der Waals surface area contributed by atoms with E-state index in [-0.39, 0.29) is 25.7 Å². The van der Waals surface area contributed by atoms with Gasteiger partial charge in [0.25, 0.3) is 0 Å². The van der Waals surface area contributed by atoms with Crippen LogP contribution < -0.4 is 0 Å². The monoisotopic (exact) mass is 1480 g/mol. The summed E-state index contributed by atoms with van der Waals surface area (Å²) < 4.78 is 68.7. The molecule has 0 amide bonds. The maximum Gasteiger partial charge on any atom is 0.472 e. The quantitative estimate of drug-likeness (QED) is 0.0222. The molecule has 19 heteroatoms. The molecule has 5 atom stereocenters. The molecule has 0 saturated carbocycles. The average molecular weight is 1480 g/mol. The minimum absolute atomic E-state index is 0.105. The van der Waals surface area contributed by atoms with Crippen molar-refractivity contribution in [2.45, 2.75) is 452 Å². The summed E-state index contributed by atoms with van der Waals surface area (Å²) >= 11 is 0. The number of phosphoric ester groups is 2. The molecule has 0 aliphatic heterocycles. The second kappa shape index (κ2) is 73.6. The normalized spacial score (nSPS) is 13.9. The topological polar surface area (TPSA) is 237 Å². The van der Waals surface area contributed by atoms with Gasteiger partial charge in [0.05, 0.1) is 26.4 Å². The first kappa shape index (κ1) is 99.1. The molecule has 101 heavy (non-hydrogen) atoms. The van der Waals surface area contributed by atoms with Gasteiger partial charge in [0.1, 0.15) is 19.3 Å². The van der Waals surface area contributed by atoms with Gasteiger partial charge < -0.3 is 33.8 Å². The molecule has 17 nitrogen and oxygen atoms in total. The third-order valence-corrected chi connectivity index (χ3v) is 21.1. The Hall–Kier alpha value is -1.94. The molecule has 0 aromatic carbocycles. The first-order chi connectivity index (χ1) is 48.9. The first-order valence-electron chi connectivity index (χ1n) is 42.5. The Labute approximate surface area is 619 Å². The third-order valence-electron chi connectivity index (χ3n) is 19.2. The fraction of sp³-hybridized carbons (Fsp3) is 0.951. The number of carbonyl (C=O) groups is 4. The molecular weight excluding hydrogens is 1320 g/mol. The van der Waals surface area contributed by atoms with E-state index in [2.05, 4.69) is 41.5 Å². The number of ether oxygens (including phenoxy) is 4. The number of aliphatic hydroxyl groups is 1. The molecular formula is C82H160O17P2. The van der Waals surface area contributed by atoms with Crippen LogP contribution in [0.25, 0.3) is 0 Å². The van der Waals surface area contributed by atoms with Gasteiger partial charge in [-0.3, -0.25) is 37.3 Å². The van der Waals surface area contributed by atoms with Crippen molar-refractivity contribution < 1.29 is 80.2 Å². The van der Waals surface area contributed by atoms with E-state index in [1.54, 1.807) is 0 Å². The fourth-order valence-corrected chi connectivity index (χ4v) is 14.3. The highest BCUT2D eigenvalue weighted by molar-refractivity contribution is 7.47. The Morgan fingerprint density at radius 3 is 0.673 bits per heavy atom. The molecule has 0 fully saturated rings. The molecule has 0 aromatic heterocycles. The number of unbranched alkanes of at least 4 members (excludes halogenated alkanes) is 51. The van der Waals surface area contributed by atoms with E-state index in [1.807, 2.05) is 0 Å². The lowest BCUT2D eigenvalue weighted by molar-refractivity contribution is -0.161. The number of phosphoric acid groups is 2. The van der Waals surface area contributed by atoms with Gasteiger partial charge in [0, 0.05) is 25.7 Å². The van der Waals surface area contributed by atoms with Gasteiger partial charge in [-0.2, -0.15) is 0 Å². The van der Waals surface area contributed by atoms with E-state index in [0.717, 1.165) is 102 Å². The van der Waals surface area contributed by atoms with Crippen LogP contribution in [-0.4, -0.2) is 96.7 Å². The molecule has 0 aliphatic carbocycles. The van der Waals surface area contributed by atoms with E-state index in [0.29, 0.717) is 25.7 Å². The molecule has 2 unspecified atom stereocenters. The van der Waals surface area contributed by atoms with Crippen LogP contribution in [-0.2, 0) is 65.4 Å². The summed E-state index contributed by atoms with van der Waals surface area (Å²) in [4.78, 5) is 73.0. The maximum atomic E-state index is 13.1. The van der Waals surface area contributed by atoms with Crippen molar-refractivity contribution in [1.29, 1.82) is 0 Å². The second-order valence-corrected chi connectivity index (χ2v) is 33.4. The maximum absolute atomic E-state index is 13.1. The number of carbonyl (C=O) groups excluding carboxylic acids is 4. The summed E-state index contributed by atoms with van der Waals surface area (Å²) in [5.74, 6) is -0.580. The molecule has 0 saturated heterocycles. The van der Waals surface area contributed by atoms with Crippen LogP contribution in [0.15, 0.2) is 0 Å². The zero-order chi connectivity index (χ0) is 74.2. The van der Waals surface area contributed by atoms with Crippen LogP contribution in [0.1, 0.15) is 433 Å². The summed E-state index contributed by atoms with van der Waals surface area (Å²) in [6, 6.07) is 0. The predicted molar refractivity (Wildman–Crippen MR) is 414 cm³/mol. The lowest BCUT2D eigenvalue weighted by atomic mass is 10.0. The highest BCUT2D eigenvalue weighted by Gasteiger charge is 2.30. The van der Waals surface area contributed by atoms with Crippen molar-refractivity contribution in [3.8, 4) is 0 Å². The van der Waals surface area contributed by atoms with Gasteiger partial charge in [-0.1, -0.05) is 382 Å². The molecule has 3 N–H and O–H groups in total. The SMILES string of the molecule is CCCCCCCCCCCCCCCCCCCCCCCC(=O)O[C@H](COC(=O)CCCCCCCCCCCCCCCCCCC(C)C)COP(=O)(O)OC[C@@H](O)COP(=O)(O)OC[C@@H](COC(=O)CCCCCCCCCCCC)OC(=O)CCCCCCCCCCC(C)C. The number of hydrogen-bond donors (Lipinski definition) is 3. The van der Waals surface area contributed by atoms with Crippen LogP contribution in [0.2, 0.25) is 0 Å². The summed E-state index contributed by atoms with van der Waals surface area (Å²) in [5, 5.41) is 10.6. The molecule has 0 aliphatic rings. The third kappa shape index (κ3) is 76.1. The van der Waals surface area contributed by atoms with Crippen molar-refractivity contribution in [2.75, 3.05) is 39.6 Å². The molecule has 0 rings (SSSR count). The van der Waals surface area contributed by atoms with E-state index >= 15 is 0 Å². The Morgan fingerprint density at radius 2 is 0.455 bits per heavy atom. The van der Waals surface area contributed by atoms with Crippen LogP contribution in [0.5, 0.6) is 0 Å². The molecule has 0 spiro atoms. The van der Waals surface area contributed by atoms with Gasteiger partial charge in [0.2, 0.25) is 0 Å². The second-order valence-electron chi connectivity index (χ2n) is 30.5. The Kier molecular flexibility index (Phi) is 72.2. The largest absolute Gasteiger partial charge is 0.472 e. The molecule has 600 valence electrons. The van der Waals surface area contributed by atoms with Gasteiger partial charge in [-0.05, 0) is 37.5 Å². The van der Waals surface area contributed by atoms with Gasteiger partial charge >= 0.3 is 39.5 Å². The molecule has 0 aromatic rings. The minimum Gasteiger partial charge on any atom is -0.462 e. The minimum atomic E-state index is -4.96.